The molecule has 1 fully saturated rings. The maximum Gasteiger partial charge on any atom is 0.341 e. The van der Waals surface area contributed by atoms with E-state index in [1.165, 1.54) is 7.11 Å². The van der Waals surface area contributed by atoms with Crippen molar-refractivity contribution in [3.8, 4) is 0 Å². The van der Waals surface area contributed by atoms with E-state index in [0.717, 1.165) is 32.5 Å². The highest BCUT2D eigenvalue weighted by Gasteiger charge is 2.26. The third-order valence-corrected chi connectivity index (χ3v) is 4.18. The van der Waals surface area contributed by atoms with E-state index >= 15 is 0 Å². The number of aromatic nitrogens is 1. The lowest BCUT2D eigenvalue weighted by molar-refractivity contribution is 0.0601. The quantitative estimate of drug-likeness (QED) is 0.845. The first kappa shape index (κ1) is 15.6. The van der Waals surface area contributed by atoms with Crippen LogP contribution in [0.2, 0.25) is 0 Å². The summed E-state index contributed by atoms with van der Waals surface area (Å²) in [6.45, 7) is 5.42. The third-order valence-electron chi connectivity index (χ3n) is 4.18. The molecule has 2 N–H and O–H groups in total. The number of nitrogens with two attached hydrogens (primary N) is 1. The summed E-state index contributed by atoms with van der Waals surface area (Å²) in [7, 11) is 3.35. The van der Waals surface area contributed by atoms with E-state index in [1.54, 1.807) is 12.3 Å². The molecule has 1 aromatic rings. The number of nitrogens with zero attached hydrogens (tertiary/aromatic N) is 3. The van der Waals surface area contributed by atoms with E-state index in [2.05, 4.69) is 21.7 Å². The molecule has 116 valence electrons. The Morgan fingerprint density at radius 1 is 1.52 bits per heavy atom. The van der Waals surface area contributed by atoms with Crippen molar-refractivity contribution in [2.75, 3.05) is 44.4 Å². The van der Waals surface area contributed by atoms with Gasteiger partial charge >= 0.3 is 5.97 Å². The number of pyridine rings is 1. The fraction of sp³-hybridized carbons (Fsp3) is 0.600. The zero-order valence-electron chi connectivity index (χ0n) is 13.0. The van der Waals surface area contributed by atoms with Crippen LogP contribution in [0.1, 0.15) is 30.1 Å². The molecule has 1 aliphatic heterocycles. The monoisotopic (exact) mass is 292 g/mol. The molecule has 0 radical (unpaired) electrons. The van der Waals surface area contributed by atoms with Gasteiger partial charge in [-0.3, -0.25) is 0 Å². The minimum atomic E-state index is -0.400. The lowest BCUT2D eigenvalue weighted by atomic mass is 10.0. The predicted octanol–water partition coefficient (Wildman–Crippen LogP) is 1.37. The standard InChI is InChI=1S/C15H24N4O2/c1-4-19-7-5-12(6-8-19)18(2)14-13(15(20)21-3)9-11(16)10-17-14/h9-10,12H,4-8,16H2,1-3H3. The molecule has 1 aromatic heterocycles. The van der Waals surface area contributed by atoms with E-state index in [1.807, 2.05) is 7.05 Å². The third kappa shape index (κ3) is 3.44. The number of piperidine rings is 1. The molecule has 0 amide bonds. The van der Waals surface area contributed by atoms with Gasteiger partial charge in [0.15, 0.2) is 0 Å². The molecule has 0 saturated carbocycles. The molecule has 0 aliphatic carbocycles. The van der Waals surface area contributed by atoms with Gasteiger partial charge in [-0.2, -0.15) is 0 Å². The predicted molar refractivity (Wildman–Crippen MR) is 83.5 cm³/mol. The van der Waals surface area contributed by atoms with Crippen LogP contribution in [0.5, 0.6) is 0 Å². The van der Waals surface area contributed by atoms with Gasteiger partial charge in [0.05, 0.1) is 19.0 Å². The maximum atomic E-state index is 11.9. The molecule has 2 heterocycles. The number of hydrogen-bond acceptors (Lipinski definition) is 6. The number of likely N-dealkylation sites (tertiary alicyclic amines) is 1. The maximum absolute atomic E-state index is 11.9. The van der Waals surface area contributed by atoms with Crippen LogP contribution in [0.15, 0.2) is 12.3 Å². The highest BCUT2D eigenvalue weighted by atomic mass is 16.5. The molecule has 0 atom stereocenters. The number of hydrogen-bond donors (Lipinski definition) is 1. The largest absolute Gasteiger partial charge is 0.465 e. The lowest BCUT2D eigenvalue weighted by Gasteiger charge is -2.37. The highest BCUT2D eigenvalue weighted by molar-refractivity contribution is 5.95. The summed E-state index contributed by atoms with van der Waals surface area (Å²) in [4.78, 5) is 20.8. The normalized spacial score (nSPS) is 16.7. The van der Waals surface area contributed by atoms with Crippen molar-refractivity contribution in [1.82, 2.24) is 9.88 Å². The summed E-state index contributed by atoms with van der Waals surface area (Å²) in [5.74, 6) is 0.244. The number of esters is 1. The van der Waals surface area contributed by atoms with Crippen LogP contribution in [-0.4, -0.2) is 55.7 Å². The topological polar surface area (TPSA) is 71.7 Å². The molecule has 6 heteroatoms. The number of carbonyl (C=O) groups excluding carboxylic acids is 1. The van der Waals surface area contributed by atoms with Crippen molar-refractivity contribution in [3.63, 3.8) is 0 Å². The van der Waals surface area contributed by atoms with Gasteiger partial charge < -0.3 is 20.3 Å². The summed E-state index contributed by atoms with van der Waals surface area (Å²) in [6.07, 6.45) is 3.72. The number of methoxy groups -OCH3 is 1. The van der Waals surface area contributed by atoms with Crippen molar-refractivity contribution in [3.05, 3.63) is 17.8 Å². The molecule has 0 aromatic carbocycles. The van der Waals surface area contributed by atoms with E-state index in [4.69, 9.17) is 10.5 Å². The summed E-state index contributed by atoms with van der Waals surface area (Å²) in [6, 6.07) is 2.01. The minimum Gasteiger partial charge on any atom is -0.465 e. The lowest BCUT2D eigenvalue weighted by Crippen LogP contribution is -2.44. The molecule has 1 saturated heterocycles. The molecule has 2 rings (SSSR count). The van der Waals surface area contributed by atoms with Gasteiger partial charge in [0, 0.05) is 26.2 Å². The first-order valence-electron chi connectivity index (χ1n) is 7.35. The fourth-order valence-corrected chi connectivity index (χ4v) is 2.81. The summed E-state index contributed by atoms with van der Waals surface area (Å²) in [5.41, 5.74) is 6.63. The zero-order chi connectivity index (χ0) is 15.4. The number of rotatable bonds is 4. The first-order valence-corrected chi connectivity index (χ1v) is 7.35. The molecule has 0 bridgehead atoms. The Morgan fingerprint density at radius 3 is 2.76 bits per heavy atom. The van der Waals surface area contributed by atoms with Crippen molar-refractivity contribution in [1.29, 1.82) is 0 Å². The van der Waals surface area contributed by atoms with Crippen LogP contribution < -0.4 is 10.6 Å². The molecule has 1 aliphatic rings. The molecule has 6 nitrogen and oxygen atoms in total. The van der Waals surface area contributed by atoms with Crippen LogP contribution in [-0.2, 0) is 4.74 Å². The van der Waals surface area contributed by atoms with Gasteiger partial charge in [-0.15, -0.1) is 0 Å². The summed E-state index contributed by atoms with van der Waals surface area (Å²) in [5, 5.41) is 0. The second-order valence-electron chi connectivity index (χ2n) is 5.41. The average Bonchev–Trinajstić information content (AvgIpc) is 2.53. The van der Waals surface area contributed by atoms with Crippen LogP contribution >= 0.6 is 0 Å². The Labute approximate surface area is 125 Å². The van der Waals surface area contributed by atoms with E-state index in [0.29, 0.717) is 23.1 Å². The van der Waals surface area contributed by atoms with Gasteiger partial charge in [-0.1, -0.05) is 6.92 Å². The van der Waals surface area contributed by atoms with Gasteiger partial charge in [0.2, 0.25) is 0 Å². The number of ether oxygens (including phenoxy) is 1. The van der Waals surface area contributed by atoms with Crippen molar-refractivity contribution >= 4 is 17.5 Å². The molecular weight excluding hydrogens is 268 g/mol. The highest BCUT2D eigenvalue weighted by Crippen LogP contribution is 2.25. The van der Waals surface area contributed by atoms with Gasteiger partial charge in [-0.25, -0.2) is 9.78 Å². The van der Waals surface area contributed by atoms with Crippen molar-refractivity contribution < 1.29 is 9.53 Å². The smallest absolute Gasteiger partial charge is 0.341 e. The second-order valence-corrected chi connectivity index (χ2v) is 5.41. The molecule has 0 spiro atoms. The Morgan fingerprint density at radius 2 is 2.19 bits per heavy atom. The Kier molecular flexibility index (Phi) is 5.01. The van der Waals surface area contributed by atoms with Crippen LogP contribution in [0.3, 0.4) is 0 Å². The van der Waals surface area contributed by atoms with Crippen LogP contribution in [0.25, 0.3) is 0 Å². The van der Waals surface area contributed by atoms with E-state index < -0.39 is 5.97 Å². The molecule has 21 heavy (non-hydrogen) atoms. The van der Waals surface area contributed by atoms with Gasteiger partial charge in [0.25, 0.3) is 0 Å². The number of nitrogen functional groups attached to an aromatic ring is 1. The summed E-state index contributed by atoms with van der Waals surface area (Å²) >= 11 is 0. The first-order chi connectivity index (χ1) is 10.1. The summed E-state index contributed by atoms with van der Waals surface area (Å²) < 4.78 is 4.83. The average molecular weight is 292 g/mol. The number of anilines is 2. The number of carbonyl (C=O) groups is 1. The molecular formula is C15H24N4O2. The van der Waals surface area contributed by atoms with Crippen molar-refractivity contribution in [2.24, 2.45) is 0 Å². The van der Waals surface area contributed by atoms with E-state index in [-0.39, 0.29) is 0 Å². The fourth-order valence-electron chi connectivity index (χ4n) is 2.81. The van der Waals surface area contributed by atoms with Crippen LogP contribution in [0.4, 0.5) is 11.5 Å². The minimum absolute atomic E-state index is 0.382. The Bertz CT molecular complexity index is 498. The molecule has 0 unspecified atom stereocenters. The van der Waals surface area contributed by atoms with Gasteiger partial charge in [0.1, 0.15) is 11.4 Å². The zero-order valence-corrected chi connectivity index (χ0v) is 13.0. The van der Waals surface area contributed by atoms with Crippen molar-refractivity contribution in [2.45, 2.75) is 25.8 Å². The van der Waals surface area contributed by atoms with Crippen LogP contribution in [0, 0.1) is 0 Å². The van der Waals surface area contributed by atoms with Gasteiger partial charge in [-0.05, 0) is 25.5 Å². The second kappa shape index (κ2) is 6.76. The Balaban J connectivity index is 2.19. The van der Waals surface area contributed by atoms with E-state index in [9.17, 15) is 4.79 Å². The SMILES string of the molecule is CCN1CCC(N(C)c2ncc(N)cc2C(=O)OC)CC1. The Hall–Kier alpha value is -1.82.